The van der Waals surface area contributed by atoms with E-state index >= 15 is 0 Å². The zero-order valence-corrected chi connectivity index (χ0v) is 13.1. The molecule has 0 radical (unpaired) electrons. The largest absolute Gasteiger partial charge is 0.368 e. The molecule has 2 N–H and O–H groups in total. The van der Waals surface area contributed by atoms with Gasteiger partial charge in [-0.25, -0.2) is 0 Å². The number of hydrogen-bond donors (Lipinski definition) is 1. The number of para-hydroxylation sites is 1. The fourth-order valence-corrected chi connectivity index (χ4v) is 2.63. The Hall–Kier alpha value is -1.06. The van der Waals surface area contributed by atoms with Gasteiger partial charge in [0.05, 0.1) is 0 Å². The molecular formula is C16H29N3. The lowest BCUT2D eigenvalue weighted by Crippen LogP contribution is -2.40. The molecule has 0 heterocycles. The Morgan fingerprint density at radius 2 is 1.79 bits per heavy atom. The highest BCUT2D eigenvalue weighted by atomic mass is 15.2. The van der Waals surface area contributed by atoms with Gasteiger partial charge in [0.2, 0.25) is 0 Å². The summed E-state index contributed by atoms with van der Waals surface area (Å²) < 4.78 is 0. The predicted molar refractivity (Wildman–Crippen MR) is 84.7 cm³/mol. The Balaban J connectivity index is 3.04. The van der Waals surface area contributed by atoms with Crippen LogP contribution in [0.2, 0.25) is 0 Å². The van der Waals surface area contributed by atoms with Crippen molar-refractivity contribution in [2.75, 3.05) is 32.1 Å². The van der Waals surface area contributed by atoms with E-state index in [1.165, 1.54) is 11.3 Å². The molecule has 0 fully saturated rings. The van der Waals surface area contributed by atoms with E-state index < -0.39 is 0 Å². The monoisotopic (exact) mass is 263 g/mol. The molecule has 0 aromatic heterocycles. The predicted octanol–water partition coefficient (Wildman–Crippen LogP) is 2.87. The minimum absolute atomic E-state index is 0.122. The zero-order valence-electron chi connectivity index (χ0n) is 13.1. The Labute approximate surface area is 118 Å². The lowest BCUT2D eigenvalue weighted by molar-refractivity contribution is 0.372. The summed E-state index contributed by atoms with van der Waals surface area (Å²) in [5.41, 5.74) is 8.80. The van der Waals surface area contributed by atoms with E-state index in [4.69, 9.17) is 5.73 Å². The highest BCUT2D eigenvalue weighted by molar-refractivity contribution is 5.55. The Kier molecular flexibility index (Phi) is 6.32. The van der Waals surface area contributed by atoms with Crippen molar-refractivity contribution in [3.63, 3.8) is 0 Å². The van der Waals surface area contributed by atoms with Gasteiger partial charge in [-0.2, -0.15) is 0 Å². The average molecular weight is 263 g/mol. The van der Waals surface area contributed by atoms with E-state index in [0.717, 1.165) is 19.5 Å². The zero-order chi connectivity index (χ0) is 14.4. The first-order chi connectivity index (χ1) is 9.01. The second-order valence-corrected chi connectivity index (χ2v) is 5.47. The number of likely N-dealkylation sites (N-methyl/N-ethyl adjacent to an activating group) is 2. The Morgan fingerprint density at radius 3 is 2.32 bits per heavy atom. The third kappa shape index (κ3) is 4.22. The molecule has 2 unspecified atom stereocenters. The highest BCUT2D eigenvalue weighted by Crippen LogP contribution is 2.28. The number of rotatable bonds is 7. The van der Waals surface area contributed by atoms with Gasteiger partial charge in [0.15, 0.2) is 0 Å². The number of anilines is 1. The Bertz CT molecular complexity index is 376. The first-order valence-corrected chi connectivity index (χ1v) is 7.27. The maximum Gasteiger partial charge on any atom is 0.0417 e. The summed E-state index contributed by atoms with van der Waals surface area (Å²) >= 11 is 0. The van der Waals surface area contributed by atoms with Crippen LogP contribution in [-0.2, 0) is 0 Å². The maximum atomic E-state index is 6.25. The molecule has 0 aliphatic heterocycles. The molecule has 1 aromatic carbocycles. The molecule has 3 nitrogen and oxygen atoms in total. The van der Waals surface area contributed by atoms with Gasteiger partial charge < -0.3 is 15.5 Å². The van der Waals surface area contributed by atoms with Crippen LogP contribution >= 0.6 is 0 Å². The summed E-state index contributed by atoms with van der Waals surface area (Å²) in [5, 5.41) is 0. The van der Waals surface area contributed by atoms with Crippen molar-refractivity contribution in [1.29, 1.82) is 0 Å². The molecule has 108 valence electrons. The van der Waals surface area contributed by atoms with E-state index in [1.807, 2.05) is 0 Å². The number of nitrogens with zero attached hydrogens (tertiary/aromatic N) is 2. The van der Waals surface area contributed by atoms with Crippen molar-refractivity contribution in [2.45, 2.75) is 39.3 Å². The molecule has 0 aliphatic rings. The number of hydrogen-bond acceptors (Lipinski definition) is 3. The molecule has 19 heavy (non-hydrogen) atoms. The standard InChI is InChI=1S/C16H29N3/c1-6-15(17)14-10-8-9-11-16(14)19(7-2)13(3)12-18(4)5/h8-11,13,15H,6-7,12,17H2,1-5H3. The maximum absolute atomic E-state index is 6.25. The second kappa shape index (κ2) is 7.51. The van der Waals surface area contributed by atoms with Crippen molar-refractivity contribution in [3.05, 3.63) is 29.8 Å². The van der Waals surface area contributed by atoms with Crippen molar-refractivity contribution < 1.29 is 0 Å². The van der Waals surface area contributed by atoms with Crippen LogP contribution in [0.25, 0.3) is 0 Å². The summed E-state index contributed by atoms with van der Waals surface area (Å²) in [6.07, 6.45) is 0.969. The lowest BCUT2D eigenvalue weighted by atomic mass is 10.0. The van der Waals surface area contributed by atoms with Crippen LogP contribution in [0.15, 0.2) is 24.3 Å². The molecule has 1 rings (SSSR count). The smallest absolute Gasteiger partial charge is 0.0417 e. The molecule has 3 heteroatoms. The molecule has 0 saturated carbocycles. The Morgan fingerprint density at radius 1 is 1.16 bits per heavy atom. The van der Waals surface area contributed by atoms with E-state index in [0.29, 0.717) is 6.04 Å². The minimum atomic E-state index is 0.122. The molecule has 0 spiro atoms. The minimum Gasteiger partial charge on any atom is -0.368 e. The summed E-state index contributed by atoms with van der Waals surface area (Å²) in [6, 6.07) is 9.14. The number of nitrogens with two attached hydrogens (primary N) is 1. The van der Waals surface area contributed by atoms with Crippen LogP contribution in [0.1, 0.15) is 38.8 Å². The van der Waals surface area contributed by atoms with E-state index in [2.05, 4.69) is 68.9 Å². The average Bonchev–Trinajstić information content (AvgIpc) is 2.38. The van der Waals surface area contributed by atoms with Gasteiger partial charge in [0.25, 0.3) is 0 Å². The van der Waals surface area contributed by atoms with Crippen LogP contribution in [0.5, 0.6) is 0 Å². The third-order valence-corrected chi connectivity index (χ3v) is 3.59. The van der Waals surface area contributed by atoms with Crippen LogP contribution < -0.4 is 10.6 Å². The first kappa shape index (κ1) is 16.0. The summed E-state index contributed by atoms with van der Waals surface area (Å²) in [4.78, 5) is 4.68. The van der Waals surface area contributed by atoms with Crippen molar-refractivity contribution in [1.82, 2.24) is 4.90 Å². The third-order valence-electron chi connectivity index (χ3n) is 3.59. The topological polar surface area (TPSA) is 32.5 Å². The molecule has 0 bridgehead atoms. The molecule has 0 amide bonds. The van der Waals surface area contributed by atoms with Gasteiger partial charge in [-0.05, 0) is 46.0 Å². The van der Waals surface area contributed by atoms with Crippen LogP contribution in [0, 0.1) is 0 Å². The van der Waals surface area contributed by atoms with E-state index in [9.17, 15) is 0 Å². The van der Waals surface area contributed by atoms with Crippen LogP contribution in [0.4, 0.5) is 5.69 Å². The molecule has 0 aliphatic carbocycles. The van der Waals surface area contributed by atoms with Crippen LogP contribution in [-0.4, -0.2) is 38.1 Å². The normalized spacial score (nSPS) is 14.5. The molecule has 1 aromatic rings. The van der Waals surface area contributed by atoms with Gasteiger partial charge in [0.1, 0.15) is 0 Å². The van der Waals surface area contributed by atoms with Gasteiger partial charge >= 0.3 is 0 Å². The SMILES string of the molecule is CCC(N)c1ccccc1N(CC)C(C)CN(C)C. The van der Waals surface area contributed by atoms with E-state index in [-0.39, 0.29) is 6.04 Å². The van der Waals surface area contributed by atoms with Crippen molar-refractivity contribution in [3.8, 4) is 0 Å². The molecule has 2 atom stereocenters. The van der Waals surface area contributed by atoms with Gasteiger partial charge in [-0.15, -0.1) is 0 Å². The van der Waals surface area contributed by atoms with Crippen molar-refractivity contribution in [2.24, 2.45) is 5.73 Å². The molecular weight excluding hydrogens is 234 g/mol. The quantitative estimate of drug-likeness (QED) is 0.821. The first-order valence-electron chi connectivity index (χ1n) is 7.27. The lowest BCUT2D eigenvalue weighted by Gasteiger charge is -2.34. The van der Waals surface area contributed by atoms with Crippen LogP contribution in [0.3, 0.4) is 0 Å². The highest BCUT2D eigenvalue weighted by Gasteiger charge is 2.18. The fourth-order valence-electron chi connectivity index (χ4n) is 2.63. The summed E-state index contributed by atoms with van der Waals surface area (Å²) in [6.45, 7) is 8.67. The molecule has 0 saturated heterocycles. The number of benzene rings is 1. The summed E-state index contributed by atoms with van der Waals surface area (Å²) in [5.74, 6) is 0. The van der Waals surface area contributed by atoms with Gasteiger partial charge in [0, 0.05) is 30.9 Å². The van der Waals surface area contributed by atoms with Gasteiger partial charge in [-0.3, -0.25) is 0 Å². The summed E-state index contributed by atoms with van der Waals surface area (Å²) in [7, 11) is 4.24. The van der Waals surface area contributed by atoms with E-state index in [1.54, 1.807) is 0 Å². The van der Waals surface area contributed by atoms with Gasteiger partial charge in [-0.1, -0.05) is 25.1 Å². The second-order valence-electron chi connectivity index (χ2n) is 5.47. The fraction of sp³-hybridized carbons (Fsp3) is 0.625. The van der Waals surface area contributed by atoms with Crippen molar-refractivity contribution >= 4 is 5.69 Å².